The Balaban J connectivity index is 2.25. The number of hydroxylamine groups is 2. The topological polar surface area (TPSA) is 98.2 Å². The van der Waals surface area contributed by atoms with Crippen LogP contribution < -0.4 is 0 Å². The van der Waals surface area contributed by atoms with E-state index in [9.17, 15) is 23.5 Å². The molecule has 0 saturated carbocycles. The van der Waals surface area contributed by atoms with E-state index in [0.717, 1.165) is 18.5 Å². The summed E-state index contributed by atoms with van der Waals surface area (Å²) in [6, 6.07) is 11.2. The first kappa shape index (κ1) is 20.9. The zero-order valence-electron chi connectivity index (χ0n) is 15.3. The summed E-state index contributed by atoms with van der Waals surface area (Å²) in [7, 11) is 0.168. The molecule has 1 amide bonds. The predicted octanol–water partition coefficient (Wildman–Crippen LogP) is 1.86. The highest BCUT2D eigenvalue weighted by atomic mass is 32.2. The second-order valence-corrected chi connectivity index (χ2v) is 8.61. The summed E-state index contributed by atoms with van der Waals surface area (Å²) in [5, 5.41) is 19.6. The van der Waals surface area contributed by atoms with Crippen LogP contribution >= 0.6 is 0 Å². The standard InChI is InChI=1S/C19H24N2O5S/c1-20(2)12-11-15-3-5-16(6-4-15)19(21(24)14-22)13-27(25,26)18-9-7-17(23)8-10-18/h3-10,14,19,23-24H,11-13H2,1-2H3. The SMILES string of the molecule is CN(C)CCc1ccc(C(CS(=O)(=O)c2ccc(O)cc2)N(O)C=O)cc1. The fourth-order valence-corrected chi connectivity index (χ4v) is 4.12. The van der Waals surface area contributed by atoms with E-state index in [4.69, 9.17) is 0 Å². The summed E-state index contributed by atoms with van der Waals surface area (Å²) in [6.07, 6.45) is 1.03. The monoisotopic (exact) mass is 392 g/mol. The third-order valence-corrected chi connectivity index (χ3v) is 5.96. The van der Waals surface area contributed by atoms with Crippen molar-refractivity contribution in [1.29, 1.82) is 0 Å². The Morgan fingerprint density at radius 2 is 1.63 bits per heavy atom. The normalized spacial score (nSPS) is 12.7. The summed E-state index contributed by atoms with van der Waals surface area (Å²) < 4.78 is 25.3. The molecule has 2 N–H and O–H groups in total. The quantitative estimate of drug-likeness (QED) is 0.384. The van der Waals surface area contributed by atoms with Crippen molar-refractivity contribution in [2.45, 2.75) is 17.4 Å². The summed E-state index contributed by atoms with van der Waals surface area (Å²) in [4.78, 5) is 13.1. The maximum absolute atomic E-state index is 12.7. The van der Waals surface area contributed by atoms with Gasteiger partial charge in [0, 0.05) is 6.54 Å². The minimum absolute atomic E-state index is 0.00667. The molecule has 0 aliphatic carbocycles. The smallest absolute Gasteiger partial charge is 0.233 e. The lowest BCUT2D eigenvalue weighted by Crippen LogP contribution is -2.30. The molecule has 0 aliphatic heterocycles. The van der Waals surface area contributed by atoms with Crippen LogP contribution in [0.5, 0.6) is 5.75 Å². The lowest BCUT2D eigenvalue weighted by atomic mass is 10.0. The van der Waals surface area contributed by atoms with E-state index in [0.29, 0.717) is 10.6 Å². The lowest BCUT2D eigenvalue weighted by molar-refractivity contribution is -0.158. The highest BCUT2D eigenvalue weighted by molar-refractivity contribution is 7.91. The molecule has 2 rings (SSSR count). The molecule has 0 aromatic heterocycles. The van der Waals surface area contributed by atoms with Crippen LogP contribution in [0.1, 0.15) is 17.2 Å². The van der Waals surface area contributed by atoms with Gasteiger partial charge >= 0.3 is 0 Å². The number of rotatable bonds is 9. The number of aromatic hydroxyl groups is 1. The van der Waals surface area contributed by atoms with Crippen LogP contribution in [0.15, 0.2) is 53.4 Å². The van der Waals surface area contributed by atoms with Gasteiger partial charge < -0.3 is 10.0 Å². The van der Waals surface area contributed by atoms with Gasteiger partial charge in [-0.15, -0.1) is 0 Å². The number of phenolic OH excluding ortho intramolecular Hbond substituents is 1. The summed E-state index contributed by atoms with van der Waals surface area (Å²) in [5.41, 5.74) is 1.59. The third kappa shape index (κ3) is 5.78. The maximum Gasteiger partial charge on any atom is 0.233 e. The number of carbonyl (C=O) groups excluding carboxylic acids is 1. The van der Waals surface area contributed by atoms with Crippen molar-refractivity contribution in [3.05, 3.63) is 59.7 Å². The predicted molar refractivity (Wildman–Crippen MR) is 101 cm³/mol. The third-order valence-electron chi connectivity index (χ3n) is 4.21. The number of hydrogen-bond acceptors (Lipinski definition) is 6. The molecule has 27 heavy (non-hydrogen) atoms. The summed E-state index contributed by atoms with van der Waals surface area (Å²) in [6.45, 7) is 0.873. The molecular formula is C19H24N2O5S. The van der Waals surface area contributed by atoms with E-state index in [-0.39, 0.29) is 17.1 Å². The van der Waals surface area contributed by atoms with E-state index in [1.54, 1.807) is 12.1 Å². The number of nitrogens with zero attached hydrogens (tertiary/aromatic N) is 2. The van der Waals surface area contributed by atoms with Gasteiger partial charge in [0.2, 0.25) is 6.41 Å². The van der Waals surface area contributed by atoms with Gasteiger partial charge in [-0.25, -0.2) is 13.5 Å². The van der Waals surface area contributed by atoms with Crippen molar-refractivity contribution in [2.24, 2.45) is 0 Å². The molecule has 0 spiro atoms. The molecule has 7 nitrogen and oxygen atoms in total. The fourth-order valence-electron chi connectivity index (χ4n) is 2.62. The van der Waals surface area contributed by atoms with Gasteiger partial charge in [-0.1, -0.05) is 24.3 Å². The zero-order chi connectivity index (χ0) is 20.0. The van der Waals surface area contributed by atoms with Crippen LogP contribution in [0, 0.1) is 0 Å². The van der Waals surface area contributed by atoms with Gasteiger partial charge in [-0.3, -0.25) is 10.0 Å². The molecule has 0 bridgehead atoms. The van der Waals surface area contributed by atoms with Gasteiger partial charge in [0.1, 0.15) is 5.75 Å². The molecule has 2 aromatic rings. The van der Waals surface area contributed by atoms with Crippen LogP contribution in [0.25, 0.3) is 0 Å². The first-order valence-electron chi connectivity index (χ1n) is 8.41. The number of carbonyl (C=O) groups is 1. The van der Waals surface area contributed by atoms with E-state index >= 15 is 0 Å². The molecule has 0 heterocycles. The summed E-state index contributed by atoms with van der Waals surface area (Å²) >= 11 is 0. The first-order chi connectivity index (χ1) is 12.7. The molecule has 0 fully saturated rings. The maximum atomic E-state index is 12.7. The Hall–Kier alpha value is -2.42. The van der Waals surface area contributed by atoms with Crippen molar-refractivity contribution in [2.75, 3.05) is 26.4 Å². The average molecular weight is 392 g/mol. The molecule has 1 atom stereocenters. The van der Waals surface area contributed by atoms with Gasteiger partial charge in [0.25, 0.3) is 0 Å². The van der Waals surface area contributed by atoms with Crippen molar-refractivity contribution in [3.8, 4) is 5.75 Å². The molecular weight excluding hydrogens is 368 g/mol. The van der Waals surface area contributed by atoms with Crippen LogP contribution in [-0.2, 0) is 21.1 Å². The highest BCUT2D eigenvalue weighted by Crippen LogP contribution is 2.25. The Morgan fingerprint density at radius 3 is 2.15 bits per heavy atom. The number of amides is 1. The Morgan fingerprint density at radius 1 is 1.04 bits per heavy atom. The fraction of sp³-hybridized carbons (Fsp3) is 0.316. The number of sulfone groups is 1. The van der Waals surface area contributed by atoms with Crippen LogP contribution in [-0.4, -0.2) is 61.5 Å². The van der Waals surface area contributed by atoms with E-state index in [1.165, 1.54) is 24.3 Å². The van der Waals surface area contributed by atoms with Crippen LogP contribution in [0.4, 0.5) is 0 Å². The number of benzene rings is 2. The Bertz CT molecular complexity index is 849. The lowest BCUT2D eigenvalue weighted by Gasteiger charge is -2.23. The van der Waals surface area contributed by atoms with Crippen LogP contribution in [0.3, 0.4) is 0 Å². The van der Waals surface area contributed by atoms with Gasteiger partial charge in [-0.2, -0.15) is 0 Å². The molecule has 0 radical (unpaired) electrons. The van der Waals surface area contributed by atoms with E-state index in [2.05, 4.69) is 4.90 Å². The van der Waals surface area contributed by atoms with E-state index in [1.807, 2.05) is 26.2 Å². The molecule has 0 saturated heterocycles. The Labute approximate surface area is 159 Å². The van der Waals surface area contributed by atoms with Crippen molar-refractivity contribution >= 4 is 16.2 Å². The van der Waals surface area contributed by atoms with E-state index < -0.39 is 21.6 Å². The molecule has 8 heteroatoms. The second kappa shape index (κ2) is 8.98. The van der Waals surface area contributed by atoms with Gasteiger partial charge in [0.05, 0.1) is 16.7 Å². The van der Waals surface area contributed by atoms with Crippen molar-refractivity contribution in [3.63, 3.8) is 0 Å². The van der Waals surface area contributed by atoms with Gasteiger partial charge in [-0.05, 0) is 55.9 Å². The minimum atomic E-state index is -3.79. The molecule has 0 aliphatic rings. The largest absolute Gasteiger partial charge is 0.508 e. The van der Waals surface area contributed by atoms with Crippen molar-refractivity contribution < 1.29 is 23.5 Å². The van der Waals surface area contributed by atoms with Crippen molar-refractivity contribution in [1.82, 2.24) is 9.96 Å². The molecule has 2 aromatic carbocycles. The van der Waals surface area contributed by atoms with Crippen LogP contribution in [0.2, 0.25) is 0 Å². The second-order valence-electron chi connectivity index (χ2n) is 6.57. The first-order valence-corrected chi connectivity index (χ1v) is 10.1. The number of hydrogen-bond donors (Lipinski definition) is 2. The Kier molecular flexibility index (Phi) is 6.95. The summed E-state index contributed by atoms with van der Waals surface area (Å²) in [5.74, 6) is -0.528. The zero-order valence-corrected chi connectivity index (χ0v) is 16.1. The van der Waals surface area contributed by atoms with Gasteiger partial charge in [0.15, 0.2) is 9.84 Å². The number of likely N-dealkylation sites (N-methyl/N-ethyl adjacent to an activating group) is 1. The average Bonchev–Trinajstić information content (AvgIpc) is 2.64. The highest BCUT2D eigenvalue weighted by Gasteiger charge is 2.27. The number of phenols is 1. The molecule has 1 unspecified atom stereocenters. The minimum Gasteiger partial charge on any atom is -0.508 e. The molecule has 146 valence electrons.